The number of alkyl carbamates (subject to hydrolysis) is 1. The summed E-state index contributed by atoms with van der Waals surface area (Å²) in [6.45, 7) is 1.09. The minimum Gasteiger partial charge on any atom is -0.453 e. The minimum absolute atomic E-state index is 0.0193. The zero-order chi connectivity index (χ0) is 26.1. The number of aromatic nitrogens is 1. The Balaban J connectivity index is 1.49. The first kappa shape index (κ1) is 26.4. The molecule has 2 fully saturated rings. The lowest BCUT2D eigenvalue weighted by atomic mass is 9.72. The van der Waals surface area contributed by atoms with Crippen LogP contribution in [0.15, 0.2) is 35.8 Å². The second kappa shape index (κ2) is 10.0. The third kappa shape index (κ3) is 5.22. The van der Waals surface area contributed by atoms with Crippen LogP contribution in [0.1, 0.15) is 66.4 Å². The summed E-state index contributed by atoms with van der Waals surface area (Å²) in [5.41, 5.74) is -3.35. The van der Waals surface area contributed by atoms with Crippen molar-refractivity contribution in [2.45, 2.75) is 74.7 Å². The molecule has 2 amide bonds. The predicted octanol–water partition coefficient (Wildman–Crippen LogP) is 4.75. The molecule has 2 aromatic rings. The van der Waals surface area contributed by atoms with Gasteiger partial charge in [0.05, 0.1) is 7.11 Å². The molecule has 1 aromatic carbocycles. The number of thiazole rings is 1. The maximum Gasteiger partial charge on any atom is 0.421 e. The summed E-state index contributed by atoms with van der Waals surface area (Å²) in [6, 6.07) is 5.14. The van der Waals surface area contributed by atoms with Crippen molar-refractivity contribution in [3.63, 3.8) is 0 Å². The molecule has 0 aliphatic heterocycles. The molecular weight excluding hydrogens is 495 g/mol. The number of alkyl halides is 3. The van der Waals surface area contributed by atoms with Crippen molar-refractivity contribution in [1.82, 2.24) is 15.2 Å². The van der Waals surface area contributed by atoms with Crippen molar-refractivity contribution in [2.24, 2.45) is 0 Å². The lowest BCUT2D eigenvalue weighted by molar-refractivity contribution is -0.258. The number of ether oxygens (including phenoxy) is 1. The first-order chi connectivity index (χ1) is 17.0. The van der Waals surface area contributed by atoms with Gasteiger partial charge >= 0.3 is 12.3 Å². The molecule has 2 saturated carbocycles. The standard InChI is InChI=1S/C25H30F3N3O4S/c1-23(34,25(26,27)28)17-5-3-16(4-6-17)20(32)31(18-7-8-18)19-9-11-24(12-10-19,15-30-22(33)35-2)21-29-13-14-36-21/h3-6,13-14,18-19,34H,7-12,15H2,1-2H3,(H,30,33)/t19-,23-,24-/m0/s1. The highest BCUT2D eigenvalue weighted by Crippen LogP contribution is 2.44. The molecule has 0 bridgehead atoms. The number of rotatable bonds is 7. The number of hydrogen-bond acceptors (Lipinski definition) is 6. The van der Waals surface area contributed by atoms with E-state index in [1.54, 1.807) is 6.20 Å². The van der Waals surface area contributed by atoms with E-state index in [2.05, 4.69) is 10.3 Å². The summed E-state index contributed by atoms with van der Waals surface area (Å²) < 4.78 is 44.3. The summed E-state index contributed by atoms with van der Waals surface area (Å²) in [7, 11) is 1.32. The monoisotopic (exact) mass is 525 g/mol. The lowest BCUT2D eigenvalue weighted by Gasteiger charge is -2.43. The molecular formula is C25H30F3N3O4S. The van der Waals surface area contributed by atoms with E-state index in [1.165, 1.54) is 42.7 Å². The van der Waals surface area contributed by atoms with Crippen LogP contribution in [0.25, 0.3) is 0 Å². The van der Waals surface area contributed by atoms with Gasteiger partial charge in [0, 0.05) is 41.2 Å². The molecule has 0 spiro atoms. The number of carbonyl (C=O) groups excluding carboxylic acids is 2. The number of hydrogen-bond donors (Lipinski definition) is 2. The van der Waals surface area contributed by atoms with Crippen molar-refractivity contribution in [3.8, 4) is 0 Å². The van der Waals surface area contributed by atoms with Gasteiger partial charge in [-0.1, -0.05) is 12.1 Å². The van der Waals surface area contributed by atoms with Gasteiger partial charge in [0.15, 0.2) is 5.60 Å². The average Bonchev–Trinajstić information content (AvgIpc) is 3.53. The van der Waals surface area contributed by atoms with E-state index in [4.69, 9.17) is 4.74 Å². The van der Waals surface area contributed by atoms with Gasteiger partial charge in [-0.05, 0) is 63.1 Å². The van der Waals surface area contributed by atoms with Gasteiger partial charge in [0.25, 0.3) is 5.91 Å². The highest BCUT2D eigenvalue weighted by Gasteiger charge is 2.51. The Labute approximate surface area is 211 Å². The van der Waals surface area contributed by atoms with E-state index in [0.29, 0.717) is 31.9 Å². The van der Waals surface area contributed by atoms with Crippen LogP contribution in [-0.2, 0) is 15.8 Å². The van der Waals surface area contributed by atoms with Crippen molar-refractivity contribution in [2.75, 3.05) is 13.7 Å². The predicted molar refractivity (Wildman–Crippen MR) is 128 cm³/mol. The lowest BCUT2D eigenvalue weighted by Crippen LogP contribution is -2.49. The number of amides is 2. The van der Waals surface area contributed by atoms with E-state index in [0.717, 1.165) is 30.7 Å². The van der Waals surface area contributed by atoms with Gasteiger partial charge in [-0.15, -0.1) is 11.3 Å². The number of methoxy groups -OCH3 is 1. The Bertz CT molecular complexity index is 1060. The summed E-state index contributed by atoms with van der Waals surface area (Å²) >= 11 is 1.54. The first-order valence-corrected chi connectivity index (χ1v) is 12.8. The van der Waals surface area contributed by atoms with Gasteiger partial charge in [-0.25, -0.2) is 9.78 Å². The molecule has 0 unspecified atom stereocenters. The molecule has 0 radical (unpaired) electrons. The topological polar surface area (TPSA) is 91.8 Å². The van der Waals surface area contributed by atoms with Crippen molar-refractivity contribution < 1.29 is 32.6 Å². The van der Waals surface area contributed by atoms with E-state index >= 15 is 0 Å². The summed E-state index contributed by atoms with van der Waals surface area (Å²) in [6.07, 6.45) is 1.07. The van der Waals surface area contributed by atoms with E-state index in [1.807, 2.05) is 10.3 Å². The van der Waals surface area contributed by atoms with Crippen LogP contribution < -0.4 is 5.32 Å². The Kier molecular flexibility index (Phi) is 7.34. The Morgan fingerprint density at radius 3 is 2.28 bits per heavy atom. The van der Waals surface area contributed by atoms with Gasteiger partial charge in [0.2, 0.25) is 0 Å². The third-order valence-electron chi connectivity index (χ3n) is 7.37. The van der Waals surface area contributed by atoms with E-state index in [9.17, 15) is 27.9 Å². The molecule has 11 heteroatoms. The SMILES string of the molecule is COC(=O)NC[C@]1(c2nccs2)CC[C@H](N(C(=O)c2ccc([C@](C)(O)C(F)(F)F)cc2)C2CC2)CC1. The molecule has 0 saturated heterocycles. The van der Waals surface area contributed by atoms with Crippen LogP contribution in [0.3, 0.4) is 0 Å². The van der Waals surface area contributed by atoms with Crippen molar-refractivity contribution in [3.05, 3.63) is 52.0 Å². The highest BCUT2D eigenvalue weighted by molar-refractivity contribution is 7.09. The fraction of sp³-hybridized carbons (Fsp3) is 0.560. The zero-order valence-electron chi connectivity index (χ0n) is 20.2. The molecule has 1 aromatic heterocycles. The maximum absolute atomic E-state index is 13.5. The quantitative estimate of drug-likeness (QED) is 0.544. The second-order valence-electron chi connectivity index (χ2n) is 9.78. The summed E-state index contributed by atoms with van der Waals surface area (Å²) in [5.74, 6) is -0.213. The molecule has 7 nitrogen and oxygen atoms in total. The highest BCUT2D eigenvalue weighted by atomic mass is 32.1. The summed E-state index contributed by atoms with van der Waals surface area (Å²) in [4.78, 5) is 31.6. The largest absolute Gasteiger partial charge is 0.453 e. The molecule has 4 rings (SSSR count). The molecule has 36 heavy (non-hydrogen) atoms. The van der Waals surface area contributed by atoms with Crippen molar-refractivity contribution >= 4 is 23.3 Å². The van der Waals surface area contributed by atoms with Gasteiger partial charge in [-0.2, -0.15) is 13.2 Å². The van der Waals surface area contributed by atoms with Crippen LogP contribution >= 0.6 is 11.3 Å². The van der Waals surface area contributed by atoms with Gasteiger partial charge in [0.1, 0.15) is 5.01 Å². The van der Waals surface area contributed by atoms with E-state index < -0.39 is 17.9 Å². The fourth-order valence-corrected chi connectivity index (χ4v) is 5.83. The van der Waals surface area contributed by atoms with Gasteiger partial charge < -0.3 is 20.1 Å². The average molecular weight is 526 g/mol. The van der Waals surface area contributed by atoms with Gasteiger partial charge in [-0.3, -0.25) is 4.79 Å². The minimum atomic E-state index is -4.83. The van der Waals surface area contributed by atoms with Crippen LogP contribution in [0.2, 0.25) is 0 Å². The molecule has 2 aliphatic rings. The smallest absolute Gasteiger partial charge is 0.421 e. The molecule has 2 N–H and O–H groups in total. The van der Waals surface area contributed by atoms with Crippen LogP contribution in [-0.4, -0.2) is 58.9 Å². The zero-order valence-corrected chi connectivity index (χ0v) is 21.0. The summed E-state index contributed by atoms with van der Waals surface area (Å²) in [5, 5.41) is 15.6. The van der Waals surface area contributed by atoms with E-state index in [-0.39, 0.29) is 29.0 Å². The number of halogens is 3. The number of aliphatic hydroxyl groups is 1. The van der Waals surface area contributed by atoms with Crippen molar-refractivity contribution in [1.29, 1.82) is 0 Å². The fourth-order valence-electron chi connectivity index (χ4n) is 4.93. The Morgan fingerprint density at radius 2 is 1.78 bits per heavy atom. The molecule has 1 heterocycles. The number of nitrogens with one attached hydrogen (secondary N) is 1. The first-order valence-electron chi connectivity index (χ1n) is 11.9. The Morgan fingerprint density at radius 1 is 1.17 bits per heavy atom. The third-order valence-corrected chi connectivity index (χ3v) is 8.39. The Hall–Kier alpha value is -2.66. The number of nitrogens with zero attached hydrogens (tertiary/aromatic N) is 2. The van der Waals surface area contributed by atoms with Crippen LogP contribution in [0.5, 0.6) is 0 Å². The van der Waals surface area contributed by atoms with Crippen LogP contribution in [0.4, 0.5) is 18.0 Å². The molecule has 196 valence electrons. The van der Waals surface area contributed by atoms with Crippen LogP contribution in [0, 0.1) is 0 Å². The second-order valence-corrected chi connectivity index (χ2v) is 10.7. The maximum atomic E-state index is 13.5. The number of carbonyl (C=O) groups is 2. The molecule has 1 atom stereocenters. The number of benzene rings is 1. The normalized spacial score (nSPS) is 24.0. The molecule has 2 aliphatic carbocycles.